The van der Waals surface area contributed by atoms with Crippen molar-refractivity contribution in [3.05, 3.63) is 0 Å². The normalized spacial score (nSPS) is 13.5. The van der Waals surface area contributed by atoms with Crippen molar-refractivity contribution >= 4 is 21.8 Å². The van der Waals surface area contributed by atoms with Gasteiger partial charge < -0.3 is 9.84 Å². The highest BCUT2D eigenvalue weighted by Crippen LogP contribution is 1.95. The predicted molar refractivity (Wildman–Crippen MR) is 42.7 cm³/mol. The van der Waals surface area contributed by atoms with E-state index in [4.69, 9.17) is 21.4 Å². The highest BCUT2D eigenvalue weighted by molar-refractivity contribution is 6.20. The highest BCUT2D eigenvalue weighted by Gasteiger charge is 2.00. The molecule has 2 nitrogen and oxygen atoms in total. The van der Waals surface area contributed by atoms with E-state index >= 15 is 0 Å². The van der Waals surface area contributed by atoms with Gasteiger partial charge in [0.25, 0.3) is 0 Å². The van der Waals surface area contributed by atoms with Crippen LogP contribution in [0.25, 0.3) is 0 Å². The lowest BCUT2D eigenvalue weighted by atomic mass is 10.5. The molecule has 0 aliphatic heterocycles. The third-order valence-electron chi connectivity index (χ3n) is 0.962. The Morgan fingerprint density at radius 2 is 2.30 bits per heavy atom. The molecule has 0 aromatic carbocycles. The molecule has 4 heteroatoms. The molecule has 0 saturated carbocycles. The van der Waals surface area contributed by atoms with Gasteiger partial charge in [-0.05, 0) is 6.42 Å². The summed E-state index contributed by atoms with van der Waals surface area (Å²) in [6.45, 7) is 1.12. The number of hydrogen-bond acceptors (Lipinski definition) is 2. The van der Waals surface area contributed by atoms with Gasteiger partial charge in [0.15, 0.2) is 0 Å². The number of halogens is 1. The van der Waals surface area contributed by atoms with Crippen LogP contribution >= 0.6 is 11.6 Å². The largest absolute Gasteiger partial charge is 0.395 e. The van der Waals surface area contributed by atoms with Gasteiger partial charge >= 0.3 is 0 Å². The van der Waals surface area contributed by atoms with Crippen LogP contribution in [0.4, 0.5) is 0 Å². The second kappa shape index (κ2) is 7.53. The van der Waals surface area contributed by atoms with Crippen LogP contribution in [-0.4, -0.2) is 40.5 Å². The van der Waals surface area contributed by atoms with Gasteiger partial charge in [-0.25, -0.2) is 0 Å². The first kappa shape index (κ1) is 10.4. The Bertz CT molecular complexity index is 72.8. The molecule has 0 saturated heterocycles. The Hall–Kier alpha value is 0.427. The van der Waals surface area contributed by atoms with Gasteiger partial charge in [0, 0.05) is 16.8 Å². The fourth-order valence-corrected chi connectivity index (χ4v) is 0.672. The van der Waals surface area contributed by atoms with Crippen molar-refractivity contribution in [1.82, 2.24) is 0 Å². The monoisotopic (exact) mass is 179 g/mol. The standard InChI is InChI=1S/C6H12ClO2Si/c7-6(4-8)5-9-2-1-3-10/h6,8H,1-5H2. The van der Waals surface area contributed by atoms with E-state index in [1.807, 2.05) is 0 Å². The number of hydrogen-bond donors (Lipinski definition) is 1. The van der Waals surface area contributed by atoms with E-state index in [-0.39, 0.29) is 12.0 Å². The Kier molecular flexibility index (Phi) is 7.85. The fourth-order valence-electron chi connectivity index (χ4n) is 0.438. The van der Waals surface area contributed by atoms with E-state index in [9.17, 15) is 0 Å². The lowest BCUT2D eigenvalue weighted by Gasteiger charge is -2.05. The summed E-state index contributed by atoms with van der Waals surface area (Å²) in [7, 11) is 3.31. The summed E-state index contributed by atoms with van der Waals surface area (Å²) in [5, 5.41) is 8.21. The van der Waals surface area contributed by atoms with Gasteiger partial charge in [-0.15, -0.1) is 11.6 Å². The first-order chi connectivity index (χ1) is 4.81. The first-order valence-electron chi connectivity index (χ1n) is 3.28. The first-order valence-corrected chi connectivity index (χ1v) is 4.43. The quantitative estimate of drug-likeness (QED) is 0.367. The molecular weight excluding hydrogens is 168 g/mol. The summed E-state index contributed by atoms with van der Waals surface area (Å²) in [5.74, 6) is 0. The molecule has 0 rings (SSSR count). The van der Waals surface area contributed by atoms with Crippen molar-refractivity contribution in [2.24, 2.45) is 0 Å². The van der Waals surface area contributed by atoms with E-state index in [0.29, 0.717) is 13.2 Å². The third kappa shape index (κ3) is 6.55. The second-order valence-corrected chi connectivity index (χ2v) is 3.08. The summed E-state index contributed by atoms with van der Waals surface area (Å²) in [6.07, 6.45) is 0.978. The van der Waals surface area contributed by atoms with E-state index in [1.165, 1.54) is 0 Å². The molecule has 0 heterocycles. The average molecular weight is 180 g/mol. The van der Waals surface area contributed by atoms with Crippen molar-refractivity contribution < 1.29 is 9.84 Å². The molecule has 1 unspecified atom stereocenters. The van der Waals surface area contributed by atoms with Gasteiger partial charge in [-0.2, -0.15) is 0 Å². The molecule has 0 amide bonds. The zero-order chi connectivity index (χ0) is 7.82. The summed E-state index contributed by atoms with van der Waals surface area (Å²) >= 11 is 5.56. The zero-order valence-corrected chi connectivity index (χ0v) is 7.60. The summed E-state index contributed by atoms with van der Waals surface area (Å²) in [5.41, 5.74) is 0. The van der Waals surface area contributed by atoms with Crippen molar-refractivity contribution in [3.63, 3.8) is 0 Å². The van der Waals surface area contributed by atoms with Gasteiger partial charge in [0.2, 0.25) is 0 Å². The minimum Gasteiger partial charge on any atom is -0.395 e. The lowest BCUT2D eigenvalue weighted by molar-refractivity contribution is 0.119. The topological polar surface area (TPSA) is 29.5 Å². The fraction of sp³-hybridized carbons (Fsp3) is 1.00. The van der Waals surface area contributed by atoms with Crippen LogP contribution in [0, 0.1) is 0 Å². The SMILES string of the molecule is OCC(Cl)COCCC[Si]. The second-order valence-electron chi connectivity index (χ2n) is 1.96. The van der Waals surface area contributed by atoms with E-state index in [2.05, 4.69) is 10.2 Å². The molecule has 0 aliphatic carbocycles. The molecule has 0 spiro atoms. The van der Waals surface area contributed by atoms with Crippen LogP contribution < -0.4 is 0 Å². The highest BCUT2D eigenvalue weighted by atomic mass is 35.5. The summed E-state index contributed by atoms with van der Waals surface area (Å²) in [4.78, 5) is 0. The van der Waals surface area contributed by atoms with Crippen molar-refractivity contribution in [3.8, 4) is 0 Å². The number of alkyl halides is 1. The summed E-state index contributed by atoms with van der Waals surface area (Å²) in [6, 6.07) is 0.937. The number of ether oxygens (including phenoxy) is 1. The maximum atomic E-state index is 8.47. The molecular formula is C6H12ClO2Si. The number of aliphatic hydroxyl groups is 1. The van der Waals surface area contributed by atoms with Crippen molar-refractivity contribution in [2.75, 3.05) is 19.8 Å². The zero-order valence-electron chi connectivity index (χ0n) is 5.85. The molecule has 1 atom stereocenters. The van der Waals surface area contributed by atoms with Gasteiger partial charge in [-0.3, -0.25) is 0 Å². The number of rotatable bonds is 6. The van der Waals surface area contributed by atoms with Crippen LogP contribution in [0.1, 0.15) is 6.42 Å². The maximum absolute atomic E-state index is 8.47. The molecule has 0 fully saturated rings. The van der Waals surface area contributed by atoms with Crippen molar-refractivity contribution in [1.29, 1.82) is 0 Å². The van der Waals surface area contributed by atoms with Crippen molar-refractivity contribution in [2.45, 2.75) is 17.8 Å². The smallest absolute Gasteiger partial charge is 0.0800 e. The minimum absolute atomic E-state index is 0.0184. The summed E-state index contributed by atoms with van der Waals surface area (Å²) < 4.78 is 5.10. The van der Waals surface area contributed by atoms with Gasteiger partial charge in [0.05, 0.1) is 18.6 Å². The molecule has 0 aromatic rings. The van der Waals surface area contributed by atoms with Crippen LogP contribution in [-0.2, 0) is 4.74 Å². The van der Waals surface area contributed by atoms with E-state index in [0.717, 1.165) is 12.5 Å². The van der Waals surface area contributed by atoms with E-state index < -0.39 is 0 Å². The van der Waals surface area contributed by atoms with Gasteiger partial charge in [0.1, 0.15) is 0 Å². The molecule has 0 aliphatic rings. The van der Waals surface area contributed by atoms with Crippen LogP contribution in [0.3, 0.4) is 0 Å². The van der Waals surface area contributed by atoms with E-state index in [1.54, 1.807) is 0 Å². The maximum Gasteiger partial charge on any atom is 0.0800 e. The molecule has 59 valence electrons. The lowest BCUT2D eigenvalue weighted by Crippen LogP contribution is -2.13. The average Bonchev–Trinajstić information content (AvgIpc) is 1.98. The van der Waals surface area contributed by atoms with Gasteiger partial charge in [-0.1, -0.05) is 6.04 Å². The molecule has 0 bridgehead atoms. The Balaban J connectivity index is 2.89. The number of aliphatic hydroxyl groups excluding tert-OH is 1. The van der Waals surface area contributed by atoms with Crippen LogP contribution in [0.15, 0.2) is 0 Å². The van der Waals surface area contributed by atoms with Crippen LogP contribution in [0.2, 0.25) is 6.04 Å². The Morgan fingerprint density at radius 1 is 1.60 bits per heavy atom. The van der Waals surface area contributed by atoms with Crippen LogP contribution in [0.5, 0.6) is 0 Å². The molecule has 1 N–H and O–H groups in total. The predicted octanol–water partition coefficient (Wildman–Crippen LogP) is 0.580. The molecule has 10 heavy (non-hydrogen) atoms. The Labute approximate surface area is 69.9 Å². The molecule has 0 aromatic heterocycles. The Morgan fingerprint density at radius 3 is 2.80 bits per heavy atom. The molecule has 3 radical (unpaired) electrons. The third-order valence-corrected chi connectivity index (χ3v) is 1.58. The minimum atomic E-state index is -0.255.